The van der Waals surface area contributed by atoms with Crippen molar-refractivity contribution in [3.8, 4) is 0 Å². The first kappa shape index (κ1) is 6.99. The van der Waals surface area contributed by atoms with Gasteiger partial charge in [-0.2, -0.15) is 5.48 Å². The van der Waals surface area contributed by atoms with Crippen LogP contribution in [0.25, 0.3) is 0 Å². The molecule has 0 saturated carbocycles. The van der Waals surface area contributed by atoms with Crippen LogP contribution >= 0.6 is 0 Å². The van der Waals surface area contributed by atoms with Crippen LogP contribution in [-0.4, -0.2) is 19.2 Å². The quantitative estimate of drug-likeness (QED) is 0.566. The Morgan fingerprint density at radius 2 is 2.56 bits per heavy atom. The van der Waals surface area contributed by atoms with Crippen molar-refractivity contribution in [2.45, 2.75) is 25.3 Å². The van der Waals surface area contributed by atoms with Crippen LogP contribution in [0.5, 0.6) is 0 Å². The number of nitrogens with one attached hydrogen (secondary N) is 1. The standard InChI is InChI=1S/C6H14N2O/c7-4-1-2-6-3-5-9-8-6/h6,8H,1-5,7H2. The minimum Gasteiger partial charge on any atom is -0.330 e. The van der Waals surface area contributed by atoms with Crippen LogP contribution in [0.15, 0.2) is 0 Å². The number of nitrogens with two attached hydrogens (primary N) is 1. The van der Waals surface area contributed by atoms with E-state index in [-0.39, 0.29) is 0 Å². The van der Waals surface area contributed by atoms with Gasteiger partial charge in [0.05, 0.1) is 6.61 Å². The lowest BCUT2D eigenvalue weighted by molar-refractivity contribution is 0.0867. The number of hydrogen-bond acceptors (Lipinski definition) is 3. The van der Waals surface area contributed by atoms with E-state index >= 15 is 0 Å². The normalized spacial score (nSPS) is 27.0. The second-order valence-electron chi connectivity index (χ2n) is 2.38. The van der Waals surface area contributed by atoms with E-state index in [0.29, 0.717) is 6.04 Å². The average Bonchev–Trinajstić information content (AvgIpc) is 2.34. The molecule has 0 aromatic carbocycles. The van der Waals surface area contributed by atoms with Gasteiger partial charge in [0.15, 0.2) is 0 Å². The van der Waals surface area contributed by atoms with Gasteiger partial charge >= 0.3 is 0 Å². The Hall–Kier alpha value is -0.120. The molecule has 1 rings (SSSR count). The summed E-state index contributed by atoms with van der Waals surface area (Å²) in [6, 6.07) is 0.563. The fraction of sp³-hybridized carbons (Fsp3) is 1.00. The van der Waals surface area contributed by atoms with Crippen molar-refractivity contribution in [1.29, 1.82) is 0 Å². The molecule has 1 aliphatic heterocycles. The number of hydroxylamine groups is 1. The molecule has 1 atom stereocenters. The first-order valence-electron chi connectivity index (χ1n) is 3.51. The molecule has 0 aromatic rings. The summed E-state index contributed by atoms with van der Waals surface area (Å²) in [5.41, 5.74) is 8.27. The summed E-state index contributed by atoms with van der Waals surface area (Å²) < 4.78 is 0. The molecule has 3 heteroatoms. The average molecular weight is 130 g/mol. The van der Waals surface area contributed by atoms with Crippen LogP contribution in [0.2, 0.25) is 0 Å². The van der Waals surface area contributed by atoms with Gasteiger partial charge in [0.25, 0.3) is 0 Å². The lowest BCUT2D eigenvalue weighted by atomic mass is 10.1. The number of hydrogen-bond donors (Lipinski definition) is 2. The summed E-state index contributed by atoms with van der Waals surface area (Å²) in [4.78, 5) is 4.96. The molecule has 0 amide bonds. The van der Waals surface area contributed by atoms with E-state index in [1.165, 1.54) is 0 Å². The minimum absolute atomic E-state index is 0.563. The maximum Gasteiger partial charge on any atom is 0.0698 e. The zero-order valence-electron chi connectivity index (χ0n) is 5.60. The number of rotatable bonds is 3. The fourth-order valence-corrected chi connectivity index (χ4v) is 1.00. The van der Waals surface area contributed by atoms with Gasteiger partial charge in [-0.15, -0.1) is 0 Å². The van der Waals surface area contributed by atoms with Crippen molar-refractivity contribution < 1.29 is 4.84 Å². The molecule has 0 aromatic heterocycles. The van der Waals surface area contributed by atoms with Gasteiger partial charge in [-0.05, 0) is 25.8 Å². The van der Waals surface area contributed by atoms with Gasteiger partial charge in [0.1, 0.15) is 0 Å². The van der Waals surface area contributed by atoms with Crippen LogP contribution in [0, 0.1) is 0 Å². The summed E-state index contributed by atoms with van der Waals surface area (Å²) in [6.45, 7) is 1.65. The molecular formula is C6H14N2O. The van der Waals surface area contributed by atoms with Crippen LogP contribution in [0.4, 0.5) is 0 Å². The van der Waals surface area contributed by atoms with Crippen molar-refractivity contribution >= 4 is 0 Å². The Balaban J connectivity index is 1.98. The molecule has 0 spiro atoms. The van der Waals surface area contributed by atoms with Crippen molar-refractivity contribution in [2.24, 2.45) is 5.73 Å². The van der Waals surface area contributed by atoms with Crippen molar-refractivity contribution in [3.05, 3.63) is 0 Å². The Labute approximate surface area is 55.5 Å². The van der Waals surface area contributed by atoms with E-state index < -0.39 is 0 Å². The van der Waals surface area contributed by atoms with E-state index in [1.807, 2.05) is 0 Å². The van der Waals surface area contributed by atoms with Gasteiger partial charge in [-0.3, -0.25) is 0 Å². The van der Waals surface area contributed by atoms with E-state index in [9.17, 15) is 0 Å². The smallest absolute Gasteiger partial charge is 0.0698 e. The molecule has 9 heavy (non-hydrogen) atoms. The second-order valence-corrected chi connectivity index (χ2v) is 2.38. The molecule has 3 N–H and O–H groups in total. The van der Waals surface area contributed by atoms with Crippen LogP contribution in [0.3, 0.4) is 0 Å². The van der Waals surface area contributed by atoms with Crippen molar-refractivity contribution in [2.75, 3.05) is 13.2 Å². The van der Waals surface area contributed by atoms with Gasteiger partial charge in [0, 0.05) is 6.04 Å². The van der Waals surface area contributed by atoms with E-state index in [1.54, 1.807) is 0 Å². The van der Waals surface area contributed by atoms with Gasteiger partial charge in [-0.25, -0.2) is 0 Å². The zero-order valence-corrected chi connectivity index (χ0v) is 5.60. The van der Waals surface area contributed by atoms with E-state index in [2.05, 4.69) is 5.48 Å². The Kier molecular flexibility index (Phi) is 2.97. The highest BCUT2D eigenvalue weighted by molar-refractivity contribution is 4.65. The predicted octanol–water partition coefficient (Wildman–Crippen LogP) is 0.0188. The summed E-state index contributed by atoms with van der Waals surface area (Å²) in [6.07, 6.45) is 3.39. The van der Waals surface area contributed by atoms with E-state index in [4.69, 9.17) is 10.6 Å². The third kappa shape index (κ3) is 2.30. The summed E-state index contributed by atoms with van der Waals surface area (Å²) in [5, 5.41) is 0. The Morgan fingerprint density at radius 3 is 3.11 bits per heavy atom. The van der Waals surface area contributed by atoms with Crippen LogP contribution < -0.4 is 11.2 Å². The Bertz CT molecular complexity index is 71.5. The van der Waals surface area contributed by atoms with Crippen LogP contribution in [-0.2, 0) is 4.84 Å². The highest BCUT2D eigenvalue weighted by Crippen LogP contribution is 2.06. The summed E-state index contributed by atoms with van der Waals surface area (Å²) >= 11 is 0. The third-order valence-electron chi connectivity index (χ3n) is 1.58. The lowest BCUT2D eigenvalue weighted by Crippen LogP contribution is -2.20. The van der Waals surface area contributed by atoms with Crippen molar-refractivity contribution in [1.82, 2.24) is 5.48 Å². The second kappa shape index (κ2) is 3.82. The molecule has 1 aliphatic rings. The zero-order chi connectivity index (χ0) is 6.53. The summed E-state index contributed by atoms with van der Waals surface area (Å²) in [5.74, 6) is 0. The predicted molar refractivity (Wildman–Crippen MR) is 35.8 cm³/mol. The molecule has 1 unspecified atom stereocenters. The van der Waals surface area contributed by atoms with Gasteiger partial charge in [0.2, 0.25) is 0 Å². The monoisotopic (exact) mass is 130 g/mol. The van der Waals surface area contributed by atoms with Crippen molar-refractivity contribution in [3.63, 3.8) is 0 Å². The van der Waals surface area contributed by atoms with Crippen LogP contribution in [0.1, 0.15) is 19.3 Å². The SMILES string of the molecule is NCCCC1CCON1. The maximum atomic E-state index is 5.34. The highest BCUT2D eigenvalue weighted by atomic mass is 16.7. The topological polar surface area (TPSA) is 47.3 Å². The lowest BCUT2D eigenvalue weighted by Gasteiger charge is -2.04. The van der Waals surface area contributed by atoms with Gasteiger partial charge in [-0.1, -0.05) is 0 Å². The summed E-state index contributed by atoms with van der Waals surface area (Å²) in [7, 11) is 0. The highest BCUT2D eigenvalue weighted by Gasteiger charge is 2.13. The third-order valence-corrected chi connectivity index (χ3v) is 1.58. The molecule has 1 saturated heterocycles. The van der Waals surface area contributed by atoms with E-state index in [0.717, 1.165) is 32.4 Å². The molecule has 0 radical (unpaired) electrons. The first-order valence-corrected chi connectivity index (χ1v) is 3.51. The molecule has 3 nitrogen and oxygen atoms in total. The van der Waals surface area contributed by atoms with Gasteiger partial charge < -0.3 is 10.6 Å². The fourth-order valence-electron chi connectivity index (χ4n) is 1.00. The molecule has 1 fully saturated rings. The molecule has 54 valence electrons. The molecular weight excluding hydrogens is 116 g/mol. The molecule has 0 bridgehead atoms. The molecule has 0 aliphatic carbocycles. The maximum absolute atomic E-state index is 5.34. The minimum atomic E-state index is 0.563. The first-order chi connectivity index (χ1) is 4.43. The Morgan fingerprint density at radius 1 is 1.67 bits per heavy atom. The molecule has 1 heterocycles. The largest absolute Gasteiger partial charge is 0.330 e.